The van der Waals surface area contributed by atoms with Gasteiger partial charge in [-0.3, -0.25) is 4.57 Å². The van der Waals surface area contributed by atoms with Crippen molar-refractivity contribution in [3.05, 3.63) is 12.7 Å². The molecule has 0 radical (unpaired) electrons. The molecule has 1 fully saturated rings. The Morgan fingerprint density at radius 3 is 3.00 bits per heavy atom. The summed E-state index contributed by atoms with van der Waals surface area (Å²) in [7, 11) is 0. The molecule has 1 saturated heterocycles. The van der Waals surface area contributed by atoms with E-state index in [0.29, 0.717) is 0 Å². The number of aliphatic hydroxyl groups excluding tert-OH is 1. The minimum Gasteiger partial charge on any atom is -0.396 e. The van der Waals surface area contributed by atoms with Crippen molar-refractivity contribution in [2.45, 2.75) is 45.4 Å². The normalized spacial score (nSPS) is 21.1. The molecule has 0 amide bonds. The second kappa shape index (κ2) is 6.58. The number of rotatable bonds is 6. The Morgan fingerprint density at radius 1 is 1.41 bits per heavy atom. The van der Waals surface area contributed by atoms with E-state index < -0.39 is 0 Å². The monoisotopic (exact) mass is 305 g/mol. The molecule has 2 N–H and O–H groups in total. The number of aliphatic hydroxyl groups is 1. The Balaban J connectivity index is 1.81. The molecule has 22 heavy (non-hydrogen) atoms. The Bertz CT molecular complexity index is 623. The highest BCUT2D eigenvalue weighted by Crippen LogP contribution is 2.28. The summed E-state index contributed by atoms with van der Waals surface area (Å²) in [5.74, 6) is 0.990. The van der Waals surface area contributed by atoms with Gasteiger partial charge in [0.15, 0.2) is 17.0 Å². The zero-order valence-electron chi connectivity index (χ0n) is 13.1. The van der Waals surface area contributed by atoms with Gasteiger partial charge in [-0.2, -0.15) is 0 Å². The Kier molecular flexibility index (Phi) is 4.54. The number of ether oxygens (including phenoxy) is 1. The maximum absolute atomic E-state index is 9.16. The van der Waals surface area contributed by atoms with E-state index >= 15 is 0 Å². The van der Waals surface area contributed by atoms with Gasteiger partial charge in [0.2, 0.25) is 0 Å². The van der Waals surface area contributed by atoms with E-state index in [-0.39, 0.29) is 24.8 Å². The Labute approximate surface area is 129 Å². The summed E-state index contributed by atoms with van der Waals surface area (Å²) in [5, 5.41) is 12.5. The third-order valence-electron chi connectivity index (χ3n) is 4.03. The predicted molar refractivity (Wildman–Crippen MR) is 83.5 cm³/mol. The molecule has 120 valence electrons. The number of imidazole rings is 1. The molecule has 0 bridgehead atoms. The summed E-state index contributed by atoms with van der Waals surface area (Å²) in [5.41, 5.74) is 1.56. The van der Waals surface area contributed by atoms with Gasteiger partial charge < -0.3 is 15.2 Å². The standard InChI is InChI=1S/C15H23N5O2/c1-10(7-21)6-11(2)19-14-13-15(17-8-16-14)20(9-18-13)12-4-3-5-22-12/h8-12,21H,3-7H2,1-2H3,(H,16,17,19). The highest BCUT2D eigenvalue weighted by molar-refractivity contribution is 5.82. The number of aromatic nitrogens is 4. The molecule has 0 spiro atoms. The maximum atomic E-state index is 9.16. The van der Waals surface area contributed by atoms with Crippen LogP contribution < -0.4 is 5.32 Å². The fourth-order valence-corrected chi connectivity index (χ4v) is 2.92. The average molecular weight is 305 g/mol. The van der Waals surface area contributed by atoms with Crippen molar-refractivity contribution in [2.75, 3.05) is 18.5 Å². The van der Waals surface area contributed by atoms with E-state index in [9.17, 15) is 0 Å². The van der Waals surface area contributed by atoms with Crippen LogP contribution in [0, 0.1) is 5.92 Å². The van der Waals surface area contributed by atoms with E-state index in [1.807, 2.05) is 11.5 Å². The number of fused-ring (bicyclic) bond motifs is 1. The van der Waals surface area contributed by atoms with Crippen LogP contribution in [0.1, 0.15) is 39.3 Å². The van der Waals surface area contributed by atoms with Gasteiger partial charge in [-0.1, -0.05) is 6.92 Å². The van der Waals surface area contributed by atoms with Crippen LogP contribution in [0.2, 0.25) is 0 Å². The quantitative estimate of drug-likeness (QED) is 0.848. The average Bonchev–Trinajstić information content (AvgIpc) is 3.16. The number of nitrogens with one attached hydrogen (secondary N) is 1. The molecule has 3 unspecified atom stereocenters. The lowest BCUT2D eigenvalue weighted by molar-refractivity contribution is 0.0593. The molecule has 2 aromatic rings. The number of anilines is 1. The van der Waals surface area contributed by atoms with Crippen LogP contribution in [0.3, 0.4) is 0 Å². The van der Waals surface area contributed by atoms with Gasteiger partial charge in [-0.15, -0.1) is 0 Å². The van der Waals surface area contributed by atoms with E-state index in [0.717, 1.165) is 42.9 Å². The number of nitrogens with zero attached hydrogens (tertiary/aromatic N) is 4. The molecule has 0 saturated carbocycles. The molecule has 7 nitrogen and oxygen atoms in total. The summed E-state index contributed by atoms with van der Waals surface area (Å²) >= 11 is 0. The lowest BCUT2D eigenvalue weighted by atomic mass is 10.0. The largest absolute Gasteiger partial charge is 0.396 e. The van der Waals surface area contributed by atoms with Crippen molar-refractivity contribution in [1.29, 1.82) is 0 Å². The zero-order chi connectivity index (χ0) is 15.5. The second-order valence-electron chi connectivity index (χ2n) is 6.08. The molecule has 1 aliphatic rings. The fraction of sp³-hybridized carbons (Fsp3) is 0.667. The Morgan fingerprint density at radius 2 is 2.27 bits per heavy atom. The number of hydrogen-bond acceptors (Lipinski definition) is 6. The third kappa shape index (κ3) is 3.05. The zero-order valence-corrected chi connectivity index (χ0v) is 13.1. The van der Waals surface area contributed by atoms with Gasteiger partial charge in [0.05, 0.1) is 6.33 Å². The van der Waals surface area contributed by atoms with E-state index in [4.69, 9.17) is 9.84 Å². The van der Waals surface area contributed by atoms with Crippen LogP contribution in [0.5, 0.6) is 0 Å². The predicted octanol–water partition coefficient (Wildman–Crippen LogP) is 1.95. The van der Waals surface area contributed by atoms with Crippen molar-refractivity contribution >= 4 is 17.0 Å². The molecule has 0 aromatic carbocycles. The van der Waals surface area contributed by atoms with Crippen LogP contribution in [-0.2, 0) is 4.74 Å². The first kappa shape index (κ1) is 15.2. The van der Waals surface area contributed by atoms with Crippen LogP contribution in [-0.4, -0.2) is 43.9 Å². The molecule has 7 heteroatoms. The first-order valence-corrected chi connectivity index (χ1v) is 7.85. The number of hydrogen-bond donors (Lipinski definition) is 2. The van der Waals surface area contributed by atoms with Gasteiger partial charge in [-0.25, -0.2) is 15.0 Å². The highest BCUT2D eigenvalue weighted by atomic mass is 16.5. The summed E-state index contributed by atoms with van der Waals surface area (Å²) < 4.78 is 7.69. The van der Waals surface area contributed by atoms with Crippen molar-refractivity contribution < 1.29 is 9.84 Å². The third-order valence-corrected chi connectivity index (χ3v) is 4.03. The van der Waals surface area contributed by atoms with E-state index in [2.05, 4.69) is 27.2 Å². The molecule has 0 aliphatic carbocycles. The molecule has 2 aromatic heterocycles. The summed E-state index contributed by atoms with van der Waals surface area (Å²) in [6, 6.07) is 0.202. The molecular weight excluding hydrogens is 282 g/mol. The summed E-state index contributed by atoms with van der Waals surface area (Å²) in [6.07, 6.45) is 6.29. The van der Waals surface area contributed by atoms with Gasteiger partial charge >= 0.3 is 0 Å². The first-order chi connectivity index (χ1) is 10.7. The van der Waals surface area contributed by atoms with Crippen LogP contribution in [0.15, 0.2) is 12.7 Å². The molecule has 3 rings (SSSR count). The van der Waals surface area contributed by atoms with Crippen molar-refractivity contribution in [2.24, 2.45) is 5.92 Å². The topological polar surface area (TPSA) is 85.1 Å². The smallest absolute Gasteiger partial charge is 0.167 e. The van der Waals surface area contributed by atoms with Crippen LogP contribution >= 0.6 is 0 Å². The summed E-state index contributed by atoms with van der Waals surface area (Å²) in [6.45, 7) is 5.09. The minimum atomic E-state index is 0.0274. The van der Waals surface area contributed by atoms with Gasteiger partial charge in [0.1, 0.15) is 12.6 Å². The minimum absolute atomic E-state index is 0.0274. The van der Waals surface area contributed by atoms with Gasteiger partial charge in [0, 0.05) is 19.3 Å². The van der Waals surface area contributed by atoms with Crippen molar-refractivity contribution in [3.8, 4) is 0 Å². The van der Waals surface area contributed by atoms with Crippen LogP contribution in [0.25, 0.3) is 11.2 Å². The second-order valence-corrected chi connectivity index (χ2v) is 6.08. The lowest BCUT2D eigenvalue weighted by Gasteiger charge is -2.17. The lowest BCUT2D eigenvalue weighted by Crippen LogP contribution is -2.20. The van der Waals surface area contributed by atoms with Gasteiger partial charge in [-0.05, 0) is 32.1 Å². The maximum Gasteiger partial charge on any atom is 0.167 e. The van der Waals surface area contributed by atoms with E-state index in [1.54, 1.807) is 12.7 Å². The van der Waals surface area contributed by atoms with Crippen molar-refractivity contribution in [3.63, 3.8) is 0 Å². The highest BCUT2D eigenvalue weighted by Gasteiger charge is 2.21. The van der Waals surface area contributed by atoms with Gasteiger partial charge in [0.25, 0.3) is 0 Å². The fourth-order valence-electron chi connectivity index (χ4n) is 2.92. The molecular formula is C15H23N5O2. The molecule has 3 heterocycles. The first-order valence-electron chi connectivity index (χ1n) is 7.85. The SMILES string of the molecule is CC(CO)CC(C)Nc1ncnc2c1ncn2C1CCCO1. The molecule has 3 atom stereocenters. The van der Waals surface area contributed by atoms with Crippen LogP contribution in [0.4, 0.5) is 5.82 Å². The van der Waals surface area contributed by atoms with E-state index in [1.165, 1.54) is 0 Å². The molecule has 1 aliphatic heterocycles. The van der Waals surface area contributed by atoms with Crippen molar-refractivity contribution in [1.82, 2.24) is 19.5 Å². The Hall–Kier alpha value is -1.73. The summed E-state index contributed by atoms with van der Waals surface area (Å²) in [4.78, 5) is 13.1.